The maximum absolute atomic E-state index is 5.50. The van der Waals surface area contributed by atoms with E-state index in [1.807, 2.05) is 12.3 Å². The summed E-state index contributed by atoms with van der Waals surface area (Å²) in [5, 5.41) is 1.12. The summed E-state index contributed by atoms with van der Waals surface area (Å²) in [6, 6.07) is 3.77. The Labute approximate surface area is 77.1 Å². The van der Waals surface area contributed by atoms with Crippen LogP contribution >= 0.6 is 22.6 Å². The molecule has 3 N–H and O–H groups in total. The van der Waals surface area contributed by atoms with E-state index in [1.54, 1.807) is 6.07 Å². The molecule has 0 amide bonds. The van der Waals surface area contributed by atoms with Crippen molar-refractivity contribution in [3.63, 3.8) is 0 Å². The van der Waals surface area contributed by atoms with Crippen LogP contribution in [0.5, 0.6) is 0 Å². The highest BCUT2D eigenvalue weighted by Gasteiger charge is 2.00. The molecule has 2 aromatic rings. The molecule has 4 heteroatoms. The van der Waals surface area contributed by atoms with Gasteiger partial charge < -0.3 is 10.7 Å². The number of nitrogens with one attached hydrogen (secondary N) is 1. The van der Waals surface area contributed by atoms with Gasteiger partial charge in [0, 0.05) is 15.2 Å². The summed E-state index contributed by atoms with van der Waals surface area (Å²) >= 11 is 2.25. The summed E-state index contributed by atoms with van der Waals surface area (Å²) in [6.45, 7) is 0. The van der Waals surface area contributed by atoms with Crippen molar-refractivity contribution in [3.8, 4) is 0 Å². The molecule has 0 spiro atoms. The SMILES string of the molecule is Nc1ccc2c(I)c[nH]c2n1. The van der Waals surface area contributed by atoms with Crippen molar-refractivity contribution in [2.24, 2.45) is 0 Å². The molecule has 0 saturated carbocycles. The van der Waals surface area contributed by atoms with E-state index in [1.165, 1.54) is 3.57 Å². The number of fused-ring (bicyclic) bond motifs is 1. The minimum absolute atomic E-state index is 0.552. The Morgan fingerprint density at radius 3 is 3.09 bits per heavy atom. The lowest BCUT2D eigenvalue weighted by Gasteiger charge is -1.91. The number of H-pyrrole nitrogens is 1. The van der Waals surface area contributed by atoms with Crippen LogP contribution in [-0.4, -0.2) is 9.97 Å². The third-order valence-corrected chi connectivity index (χ3v) is 2.40. The van der Waals surface area contributed by atoms with Crippen molar-refractivity contribution in [1.82, 2.24) is 9.97 Å². The van der Waals surface area contributed by atoms with E-state index < -0.39 is 0 Å². The highest BCUT2D eigenvalue weighted by Crippen LogP contribution is 2.18. The van der Waals surface area contributed by atoms with Gasteiger partial charge in [0.05, 0.1) is 0 Å². The fourth-order valence-electron chi connectivity index (χ4n) is 0.986. The summed E-state index contributed by atoms with van der Waals surface area (Å²) in [6.07, 6.45) is 1.91. The molecule has 0 saturated heterocycles. The van der Waals surface area contributed by atoms with Gasteiger partial charge in [-0.15, -0.1) is 0 Å². The van der Waals surface area contributed by atoms with Gasteiger partial charge in [0.2, 0.25) is 0 Å². The molecule has 0 radical (unpaired) electrons. The average Bonchev–Trinajstić information content (AvgIpc) is 2.32. The molecule has 2 heterocycles. The molecule has 2 aromatic heterocycles. The predicted octanol–water partition coefficient (Wildman–Crippen LogP) is 1.75. The minimum atomic E-state index is 0.552. The van der Waals surface area contributed by atoms with E-state index in [-0.39, 0.29) is 0 Å². The minimum Gasteiger partial charge on any atom is -0.384 e. The van der Waals surface area contributed by atoms with E-state index in [4.69, 9.17) is 5.73 Å². The number of hydrogen-bond acceptors (Lipinski definition) is 2. The number of halogens is 1. The maximum atomic E-state index is 5.50. The first kappa shape index (κ1) is 6.90. The van der Waals surface area contributed by atoms with Crippen molar-refractivity contribution in [3.05, 3.63) is 21.9 Å². The molecule has 0 fully saturated rings. The van der Waals surface area contributed by atoms with Gasteiger partial charge in [-0.1, -0.05) is 0 Å². The van der Waals surface area contributed by atoms with Crippen LogP contribution in [0.1, 0.15) is 0 Å². The molecule has 0 bridgehead atoms. The van der Waals surface area contributed by atoms with Crippen molar-refractivity contribution in [2.75, 3.05) is 5.73 Å². The quantitative estimate of drug-likeness (QED) is 0.708. The third kappa shape index (κ3) is 1.07. The maximum Gasteiger partial charge on any atom is 0.140 e. The Morgan fingerprint density at radius 1 is 1.45 bits per heavy atom. The number of nitrogens with two attached hydrogens (primary N) is 1. The van der Waals surface area contributed by atoms with Crippen molar-refractivity contribution in [2.45, 2.75) is 0 Å². The van der Waals surface area contributed by atoms with Crippen LogP contribution in [0.25, 0.3) is 11.0 Å². The van der Waals surface area contributed by atoms with Crippen LogP contribution in [0, 0.1) is 3.57 Å². The van der Waals surface area contributed by atoms with Crippen molar-refractivity contribution < 1.29 is 0 Å². The summed E-state index contributed by atoms with van der Waals surface area (Å²) in [7, 11) is 0. The van der Waals surface area contributed by atoms with Gasteiger partial charge in [-0.3, -0.25) is 0 Å². The lowest BCUT2D eigenvalue weighted by Crippen LogP contribution is -1.88. The normalized spacial score (nSPS) is 10.6. The predicted molar refractivity (Wildman–Crippen MR) is 53.2 cm³/mol. The number of aromatic amines is 1. The second-order valence-electron chi connectivity index (χ2n) is 2.27. The molecule has 2 rings (SSSR count). The first-order valence-electron chi connectivity index (χ1n) is 3.16. The van der Waals surface area contributed by atoms with Gasteiger partial charge in [0.1, 0.15) is 11.5 Å². The number of rotatable bonds is 0. The number of nitrogen functional groups attached to an aromatic ring is 1. The lowest BCUT2D eigenvalue weighted by atomic mass is 10.3. The Balaban J connectivity index is 2.86. The van der Waals surface area contributed by atoms with Gasteiger partial charge in [-0.05, 0) is 34.7 Å². The molecule has 0 aromatic carbocycles. The van der Waals surface area contributed by atoms with Gasteiger partial charge in [-0.2, -0.15) is 0 Å². The van der Waals surface area contributed by atoms with E-state index >= 15 is 0 Å². The Morgan fingerprint density at radius 2 is 2.27 bits per heavy atom. The third-order valence-electron chi connectivity index (χ3n) is 1.51. The summed E-state index contributed by atoms with van der Waals surface area (Å²) in [4.78, 5) is 7.14. The molecule has 0 aliphatic carbocycles. The Bertz CT molecular complexity index is 393. The standard InChI is InChI=1S/C7H6IN3/c8-5-3-10-7-4(5)1-2-6(9)11-7/h1-3H,(H3,9,10,11). The van der Waals surface area contributed by atoms with Crippen LogP contribution < -0.4 is 5.73 Å². The molecule has 3 nitrogen and oxygen atoms in total. The lowest BCUT2D eigenvalue weighted by molar-refractivity contribution is 1.33. The Hall–Kier alpha value is -0.780. The average molecular weight is 259 g/mol. The van der Waals surface area contributed by atoms with Crippen LogP contribution in [-0.2, 0) is 0 Å². The Kier molecular flexibility index (Phi) is 1.49. The first-order valence-corrected chi connectivity index (χ1v) is 4.24. The number of anilines is 1. The van der Waals surface area contributed by atoms with Crippen LogP contribution in [0.3, 0.4) is 0 Å². The second kappa shape index (κ2) is 2.37. The van der Waals surface area contributed by atoms with Crippen molar-refractivity contribution in [1.29, 1.82) is 0 Å². The molecule has 0 aliphatic rings. The highest BCUT2D eigenvalue weighted by molar-refractivity contribution is 14.1. The molecule has 56 valence electrons. The first-order chi connectivity index (χ1) is 5.27. The summed E-state index contributed by atoms with van der Waals surface area (Å²) in [5.74, 6) is 0.552. The topological polar surface area (TPSA) is 54.7 Å². The van der Waals surface area contributed by atoms with Crippen molar-refractivity contribution >= 4 is 39.4 Å². The second-order valence-corrected chi connectivity index (χ2v) is 3.43. The number of hydrogen-bond donors (Lipinski definition) is 2. The van der Waals surface area contributed by atoms with E-state index in [0.29, 0.717) is 5.82 Å². The van der Waals surface area contributed by atoms with E-state index in [9.17, 15) is 0 Å². The smallest absolute Gasteiger partial charge is 0.140 e. The van der Waals surface area contributed by atoms with Gasteiger partial charge in [0.25, 0.3) is 0 Å². The van der Waals surface area contributed by atoms with Crippen LogP contribution in [0.15, 0.2) is 18.3 Å². The number of nitrogens with zero attached hydrogens (tertiary/aromatic N) is 1. The van der Waals surface area contributed by atoms with Gasteiger partial charge in [-0.25, -0.2) is 4.98 Å². The fraction of sp³-hybridized carbons (Fsp3) is 0. The molecule has 0 aliphatic heterocycles. The van der Waals surface area contributed by atoms with E-state index in [2.05, 4.69) is 32.6 Å². The van der Waals surface area contributed by atoms with Gasteiger partial charge >= 0.3 is 0 Å². The fourth-order valence-corrected chi connectivity index (χ4v) is 1.58. The van der Waals surface area contributed by atoms with Crippen LogP contribution in [0.2, 0.25) is 0 Å². The summed E-state index contributed by atoms with van der Waals surface area (Å²) in [5.41, 5.74) is 6.36. The molecular formula is C7H6IN3. The highest BCUT2D eigenvalue weighted by atomic mass is 127. The number of aromatic nitrogens is 2. The largest absolute Gasteiger partial charge is 0.384 e. The zero-order valence-corrected chi connectivity index (χ0v) is 7.79. The zero-order valence-electron chi connectivity index (χ0n) is 5.63. The van der Waals surface area contributed by atoms with E-state index in [0.717, 1.165) is 11.0 Å². The van der Waals surface area contributed by atoms with Gasteiger partial charge in [0.15, 0.2) is 0 Å². The summed E-state index contributed by atoms with van der Waals surface area (Å²) < 4.78 is 1.17. The molecule has 0 unspecified atom stereocenters. The molecule has 0 atom stereocenters. The zero-order chi connectivity index (χ0) is 7.84. The number of pyridine rings is 1. The monoisotopic (exact) mass is 259 g/mol. The molecule has 11 heavy (non-hydrogen) atoms. The van der Waals surface area contributed by atoms with Crippen LogP contribution in [0.4, 0.5) is 5.82 Å². The molecular weight excluding hydrogens is 253 g/mol.